The number of amides is 3. The van der Waals surface area contributed by atoms with E-state index < -0.39 is 5.54 Å². The third-order valence-electron chi connectivity index (χ3n) is 6.77. The van der Waals surface area contributed by atoms with Crippen LogP contribution in [0.15, 0.2) is 36.4 Å². The predicted octanol–water partition coefficient (Wildman–Crippen LogP) is 3.77. The molecule has 0 radical (unpaired) electrons. The largest absolute Gasteiger partial charge is 0.508 e. The van der Waals surface area contributed by atoms with Crippen LogP contribution in [-0.2, 0) is 11.3 Å². The zero-order chi connectivity index (χ0) is 21.3. The van der Waals surface area contributed by atoms with E-state index in [1.165, 1.54) is 0 Å². The minimum Gasteiger partial charge on any atom is -0.508 e. The highest BCUT2D eigenvalue weighted by Gasteiger charge is 2.51. The van der Waals surface area contributed by atoms with Gasteiger partial charge in [0.2, 0.25) is 0 Å². The van der Waals surface area contributed by atoms with Gasteiger partial charge >= 0.3 is 6.03 Å². The summed E-state index contributed by atoms with van der Waals surface area (Å²) in [6, 6.07) is 11.5. The van der Waals surface area contributed by atoms with E-state index in [1.54, 1.807) is 6.07 Å². The summed E-state index contributed by atoms with van der Waals surface area (Å²) < 4.78 is 0. The summed E-state index contributed by atoms with van der Waals surface area (Å²) >= 11 is 0. The fourth-order valence-corrected chi connectivity index (χ4v) is 4.99. The Hall–Kier alpha value is -2.60. The van der Waals surface area contributed by atoms with E-state index in [1.807, 2.05) is 18.2 Å². The number of urea groups is 1. The highest BCUT2D eigenvalue weighted by Crippen LogP contribution is 2.36. The van der Waals surface area contributed by atoms with Crippen LogP contribution in [-0.4, -0.2) is 40.6 Å². The van der Waals surface area contributed by atoms with Gasteiger partial charge in [0, 0.05) is 12.1 Å². The highest BCUT2D eigenvalue weighted by atomic mass is 16.3. The van der Waals surface area contributed by atoms with Crippen molar-refractivity contribution in [3.63, 3.8) is 0 Å². The van der Waals surface area contributed by atoms with Gasteiger partial charge in [-0.05, 0) is 67.4 Å². The number of aromatic hydroxyl groups is 1. The third-order valence-corrected chi connectivity index (χ3v) is 6.77. The summed E-state index contributed by atoms with van der Waals surface area (Å²) in [5, 5.41) is 18.1. The number of nitrogens with one attached hydrogen (secondary N) is 2. The van der Waals surface area contributed by atoms with Crippen molar-refractivity contribution in [2.24, 2.45) is 11.8 Å². The smallest absolute Gasteiger partial charge is 0.322 e. The monoisotopic (exact) mass is 409 g/mol. The quantitative estimate of drug-likeness (QED) is 0.635. The molecule has 1 unspecified atom stereocenters. The summed E-state index contributed by atoms with van der Waals surface area (Å²) in [4.78, 5) is 27.0. The number of rotatable bonds is 6. The molecule has 0 bridgehead atoms. The van der Waals surface area contributed by atoms with E-state index in [2.05, 4.69) is 41.5 Å². The molecule has 160 valence electrons. The first-order valence-corrected chi connectivity index (χ1v) is 10.9. The predicted molar refractivity (Wildman–Crippen MR) is 117 cm³/mol. The first-order chi connectivity index (χ1) is 14.4. The van der Waals surface area contributed by atoms with Gasteiger partial charge in [0.05, 0.1) is 0 Å². The minimum atomic E-state index is -0.783. The Morgan fingerprint density at radius 2 is 1.87 bits per heavy atom. The number of piperidine rings is 1. The van der Waals surface area contributed by atoms with Crippen molar-refractivity contribution in [3.8, 4) is 5.75 Å². The third kappa shape index (κ3) is 3.88. The summed E-state index contributed by atoms with van der Waals surface area (Å²) in [6.07, 6.45) is 3.27. The number of hydrogen-bond acceptors (Lipinski definition) is 4. The van der Waals surface area contributed by atoms with Gasteiger partial charge in [-0.1, -0.05) is 44.2 Å². The number of carbonyl (C=O) groups excluding carboxylic acids is 2. The topological polar surface area (TPSA) is 81.7 Å². The van der Waals surface area contributed by atoms with E-state index in [-0.39, 0.29) is 17.9 Å². The van der Waals surface area contributed by atoms with Crippen LogP contribution in [0, 0.1) is 11.8 Å². The van der Waals surface area contributed by atoms with Crippen LogP contribution in [0.5, 0.6) is 5.75 Å². The van der Waals surface area contributed by atoms with Crippen LogP contribution in [0.25, 0.3) is 10.8 Å². The standard InChI is InChI=1S/C24H31N3O3/c1-16(2)9-12-24(22(29)25-23(30)26-24)18-10-13-27(14-11-18)15-20-19-6-4-3-5-17(19)7-8-21(20)28/h3-8,16,18,28H,9-15H2,1-2H3,(H2,25,26,29,30). The number of hydrogen-bond donors (Lipinski definition) is 3. The number of benzene rings is 2. The van der Waals surface area contributed by atoms with Gasteiger partial charge in [-0.2, -0.15) is 0 Å². The molecule has 2 aliphatic rings. The lowest BCUT2D eigenvalue weighted by Crippen LogP contribution is -2.56. The fraction of sp³-hybridized carbons (Fsp3) is 0.500. The zero-order valence-electron chi connectivity index (χ0n) is 17.8. The maximum absolute atomic E-state index is 12.7. The fourth-order valence-electron chi connectivity index (χ4n) is 4.99. The molecule has 4 rings (SSSR count). The maximum atomic E-state index is 12.7. The molecule has 6 heteroatoms. The minimum absolute atomic E-state index is 0.125. The molecule has 0 aromatic heterocycles. The number of phenols is 1. The second-order valence-corrected chi connectivity index (χ2v) is 9.15. The molecule has 2 fully saturated rings. The van der Waals surface area contributed by atoms with Gasteiger partial charge < -0.3 is 10.4 Å². The zero-order valence-corrected chi connectivity index (χ0v) is 17.8. The molecule has 2 aromatic rings. The Kier molecular flexibility index (Phi) is 5.69. The number of carbonyl (C=O) groups is 2. The van der Waals surface area contributed by atoms with Crippen molar-refractivity contribution in [2.75, 3.05) is 13.1 Å². The lowest BCUT2D eigenvalue weighted by molar-refractivity contribution is -0.127. The van der Waals surface area contributed by atoms with Crippen molar-refractivity contribution in [1.29, 1.82) is 0 Å². The van der Waals surface area contributed by atoms with Crippen LogP contribution < -0.4 is 10.6 Å². The maximum Gasteiger partial charge on any atom is 0.322 e. The molecule has 6 nitrogen and oxygen atoms in total. The van der Waals surface area contributed by atoms with Crippen LogP contribution >= 0.6 is 0 Å². The highest BCUT2D eigenvalue weighted by molar-refractivity contribution is 6.07. The number of fused-ring (bicyclic) bond motifs is 1. The molecule has 0 spiro atoms. The van der Waals surface area contributed by atoms with Crippen molar-refractivity contribution in [1.82, 2.24) is 15.5 Å². The number of phenolic OH excluding ortho intramolecular Hbond substituents is 1. The molecule has 0 saturated carbocycles. The molecule has 2 aromatic carbocycles. The molecule has 0 aliphatic carbocycles. The summed E-state index contributed by atoms with van der Waals surface area (Å²) in [5.74, 6) is 0.756. The van der Waals surface area contributed by atoms with E-state index in [9.17, 15) is 14.7 Å². The first kappa shape index (κ1) is 20.7. The summed E-state index contributed by atoms with van der Waals surface area (Å²) in [7, 11) is 0. The molecule has 3 amide bonds. The van der Waals surface area contributed by atoms with Gasteiger partial charge in [-0.25, -0.2) is 4.79 Å². The van der Waals surface area contributed by atoms with Crippen LogP contribution in [0.4, 0.5) is 4.79 Å². The first-order valence-electron chi connectivity index (χ1n) is 10.9. The Labute approximate surface area is 177 Å². The summed E-state index contributed by atoms with van der Waals surface area (Å²) in [6.45, 7) is 6.63. The van der Waals surface area contributed by atoms with Crippen LogP contribution in [0.2, 0.25) is 0 Å². The Morgan fingerprint density at radius 1 is 1.13 bits per heavy atom. The second kappa shape index (κ2) is 8.26. The second-order valence-electron chi connectivity index (χ2n) is 9.15. The number of nitrogens with zero attached hydrogens (tertiary/aromatic N) is 1. The average Bonchev–Trinajstić information content (AvgIpc) is 3.03. The van der Waals surface area contributed by atoms with Gasteiger partial charge in [-0.15, -0.1) is 0 Å². The Bertz CT molecular complexity index is 950. The summed E-state index contributed by atoms with van der Waals surface area (Å²) in [5.41, 5.74) is 0.169. The lowest BCUT2D eigenvalue weighted by atomic mass is 9.74. The molecule has 30 heavy (non-hydrogen) atoms. The molecule has 2 aliphatic heterocycles. The van der Waals surface area contributed by atoms with Crippen LogP contribution in [0.3, 0.4) is 0 Å². The Morgan fingerprint density at radius 3 is 2.53 bits per heavy atom. The Balaban J connectivity index is 1.48. The van der Waals surface area contributed by atoms with E-state index in [0.717, 1.165) is 48.7 Å². The van der Waals surface area contributed by atoms with Crippen molar-refractivity contribution >= 4 is 22.7 Å². The average molecular weight is 410 g/mol. The van der Waals surface area contributed by atoms with E-state index in [4.69, 9.17) is 0 Å². The number of imide groups is 1. The van der Waals surface area contributed by atoms with E-state index >= 15 is 0 Å². The number of likely N-dealkylation sites (tertiary alicyclic amines) is 1. The molecule has 1 atom stereocenters. The van der Waals surface area contributed by atoms with E-state index in [0.29, 0.717) is 24.6 Å². The van der Waals surface area contributed by atoms with Gasteiger partial charge in [0.15, 0.2) is 0 Å². The molecule has 2 saturated heterocycles. The SMILES string of the molecule is CC(C)CCC1(C2CCN(Cc3c(O)ccc4ccccc34)CC2)NC(=O)NC1=O. The molecular weight excluding hydrogens is 378 g/mol. The van der Waals surface area contributed by atoms with Crippen LogP contribution in [0.1, 0.15) is 45.1 Å². The lowest BCUT2D eigenvalue weighted by Gasteiger charge is -2.41. The van der Waals surface area contributed by atoms with Gasteiger partial charge in [0.25, 0.3) is 5.91 Å². The van der Waals surface area contributed by atoms with Crippen molar-refractivity contribution < 1.29 is 14.7 Å². The molecule has 3 N–H and O–H groups in total. The van der Waals surface area contributed by atoms with Crippen molar-refractivity contribution in [2.45, 2.75) is 51.6 Å². The molecular formula is C24H31N3O3. The van der Waals surface area contributed by atoms with Gasteiger partial charge in [-0.3, -0.25) is 15.0 Å². The molecule has 2 heterocycles. The normalized spacial score (nSPS) is 23.2. The van der Waals surface area contributed by atoms with Gasteiger partial charge in [0.1, 0.15) is 11.3 Å². The van der Waals surface area contributed by atoms with Crippen molar-refractivity contribution in [3.05, 3.63) is 42.0 Å².